The van der Waals surface area contributed by atoms with Crippen LogP contribution in [0, 0.1) is 0 Å². The Morgan fingerprint density at radius 3 is 1.74 bits per heavy atom. The van der Waals surface area contributed by atoms with E-state index in [2.05, 4.69) is 118 Å². The molecular formula is C34H22BrN3. The summed E-state index contributed by atoms with van der Waals surface area (Å²) in [5.74, 6) is 0.710. The summed E-state index contributed by atoms with van der Waals surface area (Å²) in [5.41, 5.74) is 8.38. The quantitative estimate of drug-likeness (QED) is 0.218. The molecule has 180 valence electrons. The summed E-state index contributed by atoms with van der Waals surface area (Å²) in [6, 6.07) is 46.1. The molecule has 4 heteroatoms. The first kappa shape index (κ1) is 22.6. The number of rotatable bonds is 4. The Labute approximate surface area is 229 Å². The number of halogens is 1. The summed E-state index contributed by atoms with van der Waals surface area (Å²) in [6.07, 6.45) is 0. The Hall–Kier alpha value is -4.54. The summed E-state index contributed by atoms with van der Waals surface area (Å²) in [4.78, 5) is 9.96. The molecule has 2 aromatic heterocycles. The lowest BCUT2D eigenvalue weighted by molar-refractivity contribution is 1.16. The molecule has 38 heavy (non-hydrogen) atoms. The molecule has 0 amide bonds. The highest BCUT2D eigenvalue weighted by atomic mass is 79.9. The predicted octanol–water partition coefficient (Wildman–Crippen LogP) is 9.34. The van der Waals surface area contributed by atoms with Gasteiger partial charge in [-0.15, -0.1) is 0 Å². The van der Waals surface area contributed by atoms with Crippen molar-refractivity contribution in [2.75, 3.05) is 0 Å². The maximum Gasteiger partial charge on any atom is 0.160 e. The van der Waals surface area contributed by atoms with Crippen molar-refractivity contribution < 1.29 is 0 Å². The highest BCUT2D eigenvalue weighted by Gasteiger charge is 2.15. The Bertz CT molecular complexity index is 1850. The maximum atomic E-state index is 4.98. The molecule has 3 nitrogen and oxygen atoms in total. The second-order valence-electron chi connectivity index (χ2n) is 9.23. The fourth-order valence-corrected chi connectivity index (χ4v) is 5.67. The van der Waals surface area contributed by atoms with E-state index < -0.39 is 0 Å². The van der Waals surface area contributed by atoms with Crippen molar-refractivity contribution in [2.45, 2.75) is 0 Å². The fraction of sp³-hybridized carbons (Fsp3) is 0. The lowest BCUT2D eigenvalue weighted by Gasteiger charge is -2.11. The number of nitrogens with zero attached hydrogens (tertiary/aromatic N) is 3. The molecule has 7 aromatic rings. The number of benzene rings is 5. The first-order chi connectivity index (χ1) is 18.8. The zero-order chi connectivity index (χ0) is 25.5. The second kappa shape index (κ2) is 9.40. The monoisotopic (exact) mass is 551 g/mol. The predicted molar refractivity (Wildman–Crippen MR) is 160 cm³/mol. The summed E-state index contributed by atoms with van der Waals surface area (Å²) in [5, 5.41) is 2.45. The number of aromatic nitrogens is 3. The average Bonchev–Trinajstić information content (AvgIpc) is 3.33. The number of hydrogen-bond donors (Lipinski definition) is 0. The third-order valence-corrected chi connectivity index (χ3v) is 7.56. The Morgan fingerprint density at radius 1 is 0.500 bits per heavy atom. The van der Waals surface area contributed by atoms with Gasteiger partial charge in [-0.1, -0.05) is 101 Å². The van der Waals surface area contributed by atoms with Gasteiger partial charge >= 0.3 is 0 Å². The minimum Gasteiger partial charge on any atom is -0.309 e. The van der Waals surface area contributed by atoms with E-state index in [1.807, 2.05) is 36.4 Å². The molecule has 0 aliphatic carbocycles. The van der Waals surface area contributed by atoms with Crippen LogP contribution in [0.4, 0.5) is 0 Å². The zero-order valence-electron chi connectivity index (χ0n) is 20.4. The van der Waals surface area contributed by atoms with Crippen molar-refractivity contribution in [1.82, 2.24) is 14.5 Å². The van der Waals surface area contributed by atoms with E-state index in [4.69, 9.17) is 9.97 Å². The molecule has 0 aliphatic heterocycles. The summed E-state index contributed by atoms with van der Waals surface area (Å²) in [6.45, 7) is 0. The van der Waals surface area contributed by atoms with Gasteiger partial charge in [-0.3, -0.25) is 0 Å². The molecule has 0 unspecified atom stereocenters. The van der Waals surface area contributed by atoms with E-state index >= 15 is 0 Å². The molecule has 7 rings (SSSR count). The van der Waals surface area contributed by atoms with Crippen LogP contribution >= 0.6 is 15.9 Å². The van der Waals surface area contributed by atoms with Crippen molar-refractivity contribution >= 4 is 37.7 Å². The highest BCUT2D eigenvalue weighted by Crippen LogP contribution is 2.36. The normalized spacial score (nSPS) is 11.3. The minimum atomic E-state index is 0.710. The van der Waals surface area contributed by atoms with Crippen molar-refractivity contribution in [1.29, 1.82) is 0 Å². The van der Waals surface area contributed by atoms with Crippen LogP contribution in [0.2, 0.25) is 0 Å². The van der Waals surface area contributed by atoms with Gasteiger partial charge in [0.05, 0.1) is 22.4 Å². The fourth-order valence-electron chi connectivity index (χ4n) is 5.10. The first-order valence-corrected chi connectivity index (χ1v) is 13.3. The third-order valence-electron chi connectivity index (χ3n) is 6.90. The molecule has 2 heterocycles. The molecular weight excluding hydrogens is 530 g/mol. The van der Waals surface area contributed by atoms with Crippen LogP contribution in [0.3, 0.4) is 0 Å². The topological polar surface area (TPSA) is 30.7 Å². The van der Waals surface area contributed by atoms with E-state index in [0.29, 0.717) is 5.82 Å². The molecule has 0 radical (unpaired) electrons. The van der Waals surface area contributed by atoms with Gasteiger partial charge in [0.25, 0.3) is 0 Å². The molecule has 0 atom stereocenters. The Balaban J connectivity index is 1.37. The van der Waals surface area contributed by atoms with Gasteiger partial charge in [0.15, 0.2) is 5.82 Å². The highest BCUT2D eigenvalue weighted by molar-refractivity contribution is 9.10. The van der Waals surface area contributed by atoms with E-state index in [1.54, 1.807) is 0 Å². The SMILES string of the molecule is Brc1cccc2c1c1ccccc1n2-c1ccc(-c2nc(-c3ccccc3)cc(-c3ccccc3)n2)cc1. The summed E-state index contributed by atoms with van der Waals surface area (Å²) >= 11 is 3.77. The van der Waals surface area contributed by atoms with Crippen molar-refractivity contribution in [2.24, 2.45) is 0 Å². The van der Waals surface area contributed by atoms with Crippen LogP contribution in [0.15, 0.2) is 138 Å². The van der Waals surface area contributed by atoms with Crippen molar-refractivity contribution in [3.63, 3.8) is 0 Å². The number of fused-ring (bicyclic) bond motifs is 3. The van der Waals surface area contributed by atoms with E-state index in [9.17, 15) is 0 Å². The molecule has 0 aliphatic rings. The van der Waals surface area contributed by atoms with Gasteiger partial charge in [0.1, 0.15) is 0 Å². The molecule has 5 aromatic carbocycles. The number of para-hydroxylation sites is 1. The molecule has 0 saturated carbocycles. The van der Waals surface area contributed by atoms with Gasteiger partial charge in [-0.25, -0.2) is 9.97 Å². The van der Waals surface area contributed by atoms with Crippen LogP contribution in [0.1, 0.15) is 0 Å². The maximum absolute atomic E-state index is 4.98. The smallest absolute Gasteiger partial charge is 0.160 e. The largest absolute Gasteiger partial charge is 0.309 e. The van der Waals surface area contributed by atoms with E-state index in [1.165, 1.54) is 21.8 Å². The Morgan fingerprint density at radius 2 is 1.08 bits per heavy atom. The number of hydrogen-bond acceptors (Lipinski definition) is 2. The minimum absolute atomic E-state index is 0.710. The zero-order valence-corrected chi connectivity index (χ0v) is 22.0. The summed E-state index contributed by atoms with van der Waals surface area (Å²) in [7, 11) is 0. The lowest BCUT2D eigenvalue weighted by Crippen LogP contribution is -1.97. The third kappa shape index (κ3) is 3.90. The average molecular weight is 552 g/mol. The van der Waals surface area contributed by atoms with Gasteiger partial charge in [0.2, 0.25) is 0 Å². The summed E-state index contributed by atoms with van der Waals surface area (Å²) < 4.78 is 3.41. The van der Waals surface area contributed by atoms with E-state index in [-0.39, 0.29) is 0 Å². The van der Waals surface area contributed by atoms with Crippen LogP contribution < -0.4 is 0 Å². The molecule has 0 spiro atoms. The van der Waals surface area contributed by atoms with Crippen molar-refractivity contribution in [3.05, 3.63) is 138 Å². The van der Waals surface area contributed by atoms with E-state index in [0.717, 1.165) is 38.2 Å². The first-order valence-electron chi connectivity index (χ1n) is 12.5. The van der Waals surface area contributed by atoms with Crippen LogP contribution in [0.25, 0.3) is 61.4 Å². The molecule has 0 fully saturated rings. The van der Waals surface area contributed by atoms with Crippen molar-refractivity contribution in [3.8, 4) is 39.6 Å². The van der Waals surface area contributed by atoms with Gasteiger partial charge in [0, 0.05) is 37.6 Å². The second-order valence-corrected chi connectivity index (χ2v) is 10.1. The molecule has 0 N–H and O–H groups in total. The van der Waals surface area contributed by atoms with Crippen LogP contribution in [-0.2, 0) is 0 Å². The van der Waals surface area contributed by atoms with Gasteiger partial charge in [-0.05, 0) is 48.5 Å². The standard InChI is InChI=1S/C34H22BrN3/c35-28-15-9-17-32-33(28)27-14-7-8-16-31(27)38(32)26-20-18-25(19-21-26)34-36-29(23-10-3-1-4-11-23)22-30(37-34)24-12-5-2-6-13-24/h1-22H. The van der Waals surface area contributed by atoms with Gasteiger partial charge < -0.3 is 4.57 Å². The van der Waals surface area contributed by atoms with Crippen LogP contribution in [-0.4, -0.2) is 14.5 Å². The molecule has 0 bridgehead atoms. The van der Waals surface area contributed by atoms with Crippen LogP contribution in [0.5, 0.6) is 0 Å². The lowest BCUT2D eigenvalue weighted by atomic mass is 10.1. The Kier molecular flexibility index (Phi) is 5.60. The molecule has 0 saturated heterocycles. The van der Waals surface area contributed by atoms with Gasteiger partial charge in [-0.2, -0.15) is 0 Å².